The molecule has 9 heteroatoms. The van der Waals surface area contributed by atoms with E-state index < -0.39 is 0 Å². The number of hydrogen-bond acceptors (Lipinski definition) is 6. The molecule has 0 unspecified atom stereocenters. The van der Waals surface area contributed by atoms with Crippen LogP contribution in [0.1, 0.15) is 23.6 Å². The molecule has 1 N–H and O–H groups in total. The molecule has 3 heterocycles. The molecule has 0 spiro atoms. The molecule has 30 heavy (non-hydrogen) atoms. The molecule has 3 aromatic rings. The first-order valence-corrected chi connectivity index (χ1v) is 9.66. The number of imidazole rings is 1. The van der Waals surface area contributed by atoms with Crippen LogP contribution in [-0.2, 0) is 4.79 Å². The number of anilines is 1. The molecule has 2 aliphatic rings. The van der Waals surface area contributed by atoms with Gasteiger partial charge in [-0.05, 0) is 24.3 Å². The molecule has 5 rings (SSSR count). The third kappa shape index (κ3) is 2.83. The molecule has 1 aromatic heterocycles. The van der Waals surface area contributed by atoms with Gasteiger partial charge in [0, 0.05) is 28.6 Å². The minimum absolute atomic E-state index is 0.0953. The van der Waals surface area contributed by atoms with E-state index in [9.17, 15) is 4.79 Å². The van der Waals surface area contributed by atoms with Crippen LogP contribution < -0.4 is 24.3 Å². The van der Waals surface area contributed by atoms with Crippen molar-refractivity contribution in [1.82, 2.24) is 9.55 Å². The van der Waals surface area contributed by atoms with Gasteiger partial charge in [0.2, 0.25) is 24.2 Å². The van der Waals surface area contributed by atoms with Gasteiger partial charge in [-0.2, -0.15) is 0 Å². The van der Waals surface area contributed by atoms with E-state index in [2.05, 4.69) is 10.3 Å². The number of nitrogens with one attached hydrogen (secondary N) is 1. The van der Waals surface area contributed by atoms with Crippen LogP contribution in [0, 0.1) is 0 Å². The minimum Gasteiger partial charge on any atom is -0.492 e. The summed E-state index contributed by atoms with van der Waals surface area (Å²) >= 11 is 6.15. The fraction of sp³-hybridized carbons (Fsp3) is 0.238. The number of benzene rings is 2. The van der Waals surface area contributed by atoms with Crippen LogP contribution >= 0.6 is 11.6 Å². The van der Waals surface area contributed by atoms with Gasteiger partial charge in [-0.25, -0.2) is 4.98 Å². The quantitative estimate of drug-likeness (QED) is 0.682. The number of hydrogen-bond donors (Lipinski definition) is 1. The van der Waals surface area contributed by atoms with Crippen LogP contribution in [-0.4, -0.2) is 36.5 Å². The number of amides is 1. The summed E-state index contributed by atoms with van der Waals surface area (Å²) in [6, 6.07) is 9.17. The molecule has 1 amide bonds. The fourth-order valence-electron chi connectivity index (χ4n) is 3.95. The lowest BCUT2D eigenvalue weighted by molar-refractivity contribution is -0.116. The third-order valence-corrected chi connectivity index (χ3v) is 5.48. The van der Waals surface area contributed by atoms with Crippen molar-refractivity contribution in [2.45, 2.75) is 12.3 Å². The normalized spacial score (nSPS) is 16.8. The van der Waals surface area contributed by atoms with Crippen molar-refractivity contribution < 1.29 is 23.7 Å². The molecule has 0 aliphatic carbocycles. The number of carbonyl (C=O) groups excluding carboxylic acids is 1. The number of nitrogens with zero attached hydrogens (tertiary/aromatic N) is 2. The van der Waals surface area contributed by atoms with E-state index in [1.54, 1.807) is 19.5 Å². The van der Waals surface area contributed by atoms with Gasteiger partial charge in [-0.1, -0.05) is 17.7 Å². The summed E-state index contributed by atoms with van der Waals surface area (Å²) in [4.78, 5) is 17.3. The first-order chi connectivity index (χ1) is 14.6. The van der Waals surface area contributed by atoms with Gasteiger partial charge in [-0.3, -0.25) is 9.36 Å². The zero-order valence-electron chi connectivity index (χ0n) is 16.3. The highest BCUT2D eigenvalue weighted by molar-refractivity contribution is 6.30. The van der Waals surface area contributed by atoms with Crippen LogP contribution in [0.3, 0.4) is 0 Å². The van der Waals surface area contributed by atoms with Gasteiger partial charge >= 0.3 is 0 Å². The van der Waals surface area contributed by atoms with E-state index in [-0.39, 0.29) is 25.0 Å². The maximum atomic E-state index is 12.6. The van der Waals surface area contributed by atoms with Crippen molar-refractivity contribution in [1.29, 1.82) is 0 Å². The zero-order chi connectivity index (χ0) is 20.8. The number of carbonyl (C=O) groups is 1. The Morgan fingerprint density at radius 3 is 2.80 bits per heavy atom. The second-order valence-electron chi connectivity index (χ2n) is 6.90. The summed E-state index contributed by atoms with van der Waals surface area (Å²) in [6.45, 7) is 0.0953. The smallest absolute Gasteiger partial charge is 0.231 e. The van der Waals surface area contributed by atoms with Gasteiger partial charge < -0.3 is 24.3 Å². The summed E-state index contributed by atoms with van der Waals surface area (Å²) < 4.78 is 24.1. The van der Waals surface area contributed by atoms with Crippen molar-refractivity contribution in [3.8, 4) is 28.7 Å². The van der Waals surface area contributed by atoms with Crippen LogP contribution in [0.2, 0.25) is 5.02 Å². The highest BCUT2D eigenvalue weighted by atomic mass is 35.5. The lowest BCUT2D eigenvalue weighted by Gasteiger charge is -2.25. The van der Waals surface area contributed by atoms with Gasteiger partial charge in [0.05, 0.1) is 19.9 Å². The van der Waals surface area contributed by atoms with Gasteiger partial charge in [0.15, 0.2) is 11.5 Å². The van der Waals surface area contributed by atoms with Crippen LogP contribution in [0.25, 0.3) is 5.69 Å². The van der Waals surface area contributed by atoms with Crippen LogP contribution in [0.15, 0.2) is 36.7 Å². The lowest BCUT2D eigenvalue weighted by atomic mass is 9.88. The van der Waals surface area contributed by atoms with Crippen molar-refractivity contribution >= 4 is 23.3 Å². The van der Waals surface area contributed by atoms with E-state index in [0.29, 0.717) is 39.5 Å². The highest BCUT2D eigenvalue weighted by Gasteiger charge is 2.36. The molecule has 0 saturated carbocycles. The van der Waals surface area contributed by atoms with Crippen molar-refractivity contribution in [3.05, 3.63) is 52.9 Å². The molecule has 0 bridgehead atoms. The Morgan fingerprint density at radius 2 is 2.03 bits per heavy atom. The topological polar surface area (TPSA) is 83.8 Å². The van der Waals surface area contributed by atoms with E-state index in [1.165, 1.54) is 7.11 Å². The van der Waals surface area contributed by atoms with E-state index in [4.69, 9.17) is 30.5 Å². The Labute approximate surface area is 177 Å². The predicted molar refractivity (Wildman–Crippen MR) is 109 cm³/mol. The summed E-state index contributed by atoms with van der Waals surface area (Å²) in [5.74, 6) is 2.07. The number of ether oxygens (including phenoxy) is 4. The third-order valence-electron chi connectivity index (χ3n) is 5.25. The molecule has 0 radical (unpaired) electrons. The standard InChI is InChI=1S/C21H18ClN3O5/c1-27-18-14(7-15-19(20(18)28-2)30-10-29-15)13-8-16(26)24-21-17(13)23-9-25(21)12-5-3-4-11(22)6-12/h3-7,9,13H,8,10H2,1-2H3,(H,24,26)/t13-/m1/s1. The number of fused-ring (bicyclic) bond motifs is 2. The number of methoxy groups -OCH3 is 2. The Morgan fingerprint density at radius 1 is 1.20 bits per heavy atom. The molecule has 2 aliphatic heterocycles. The molecule has 2 aromatic carbocycles. The molecule has 0 fully saturated rings. The van der Waals surface area contributed by atoms with E-state index in [1.807, 2.05) is 28.8 Å². The summed E-state index contributed by atoms with van der Waals surface area (Å²) in [5.41, 5.74) is 2.26. The van der Waals surface area contributed by atoms with E-state index >= 15 is 0 Å². The Kier molecular flexibility index (Phi) is 4.43. The van der Waals surface area contributed by atoms with E-state index in [0.717, 1.165) is 11.3 Å². The maximum Gasteiger partial charge on any atom is 0.231 e. The first kappa shape index (κ1) is 18.6. The molecule has 1 atom stereocenters. The van der Waals surface area contributed by atoms with Crippen molar-refractivity contribution in [2.75, 3.05) is 26.3 Å². The molecular formula is C21H18ClN3O5. The van der Waals surface area contributed by atoms with Gasteiger partial charge in [-0.15, -0.1) is 0 Å². The summed E-state index contributed by atoms with van der Waals surface area (Å²) in [5, 5.41) is 3.53. The molecule has 8 nitrogen and oxygen atoms in total. The average molecular weight is 428 g/mol. The van der Waals surface area contributed by atoms with Crippen LogP contribution in [0.5, 0.6) is 23.0 Å². The monoisotopic (exact) mass is 427 g/mol. The van der Waals surface area contributed by atoms with Crippen molar-refractivity contribution in [3.63, 3.8) is 0 Å². The number of halogens is 1. The van der Waals surface area contributed by atoms with Crippen molar-refractivity contribution in [2.24, 2.45) is 0 Å². The predicted octanol–water partition coefficient (Wildman–Crippen LogP) is 3.75. The highest BCUT2D eigenvalue weighted by Crippen LogP contribution is 2.53. The summed E-state index contributed by atoms with van der Waals surface area (Å²) in [6.07, 6.45) is 1.88. The lowest BCUT2D eigenvalue weighted by Crippen LogP contribution is -2.25. The molecular weight excluding hydrogens is 410 g/mol. The Bertz CT molecular complexity index is 1160. The van der Waals surface area contributed by atoms with Gasteiger partial charge in [0.25, 0.3) is 0 Å². The maximum absolute atomic E-state index is 12.6. The molecule has 154 valence electrons. The number of rotatable bonds is 4. The van der Waals surface area contributed by atoms with Gasteiger partial charge in [0.1, 0.15) is 12.1 Å². The largest absolute Gasteiger partial charge is 0.492 e. The summed E-state index contributed by atoms with van der Waals surface area (Å²) in [7, 11) is 3.09. The van der Waals surface area contributed by atoms with Crippen LogP contribution in [0.4, 0.5) is 5.82 Å². The Balaban J connectivity index is 1.68. The first-order valence-electron chi connectivity index (χ1n) is 9.28. The second kappa shape index (κ2) is 7.14. The number of aromatic nitrogens is 2. The second-order valence-corrected chi connectivity index (χ2v) is 7.34. The Hall–Kier alpha value is -3.39. The fourth-order valence-corrected chi connectivity index (χ4v) is 4.14. The molecule has 0 saturated heterocycles. The minimum atomic E-state index is -0.354. The zero-order valence-corrected chi connectivity index (χ0v) is 17.0. The SMILES string of the molecule is COc1c([C@H]2CC(=O)Nc3c2ncn3-c2cccc(Cl)c2)cc2c(c1OC)OCO2. The average Bonchev–Trinajstić information content (AvgIpc) is 3.38.